The van der Waals surface area contributed by atoms with Crippen molar-refractivity contribution in [1.82, 2.24) is 14.8 Å². The lowest BCUT2D eigenvalue weighted by Crippen LogP contribution is -2.50. The highest BCUT2D eigenvalue weighted by Crippen LogP contribution is 2.38. The number of methoxy groups -OCH3 is 1. The Morgan fingerprint density at radius 3 is 2.42 bits per heavy atom. The van der Waals surface area contributed by atoms with Crippen LogP contribution in [0.1, 0.15) is 47.2 Å². The van der Waals surface area contributed by atoms with Gasteiger partial charge in [-0.3, -0.25) is 14.5 Å². The van der Waals surface area contributed by atoms with Gasteiger partial charge in [-0.25, -0.2) is 4.98 Å². The van der Waals surface area contributed by atoms with Crippen LogP contribution >= 0.6 is 0 Å². The molecule has 0 radical (unpaired) electrons. The van der Waals surface area contributed by atoms with Gasteiger partial charge in [0.25, 0.3) is 5.91 Å². The Kier molecular flexibility index (Phi) is 10.6. The van der Waals surface area contributed by atoms with Gasteiger partial charge < -0.3 is 34.1 Å². The van der Waals surface area contributed by atoms with Crippen LogP contribution in [0.15, 0.2) is 79.0 Å². The van der Waals surface area contributed by atoms with E-state index in [9.17, 15) is 22.8 Å². The molecule has 0 spiro atoms. The molecule has 4 heterocycles. The smallest absolute Gasteiger partial charge is 0.416 e. The maximum atomic E-state index is 13.6. The third kappa shape index (κ3) is 8.60. The molecule has 14 heteroatoms. The minimum absolute atomic E-state index is 0.0615. The van der Waals surface area contributed by atoms with E-state index in [1.807, 2.05) is 35.2 Å². The molecule has 11 nitrogen and oxygen atoms in total. The third-order valence-corrected chi connectivity index (χ3v) is 9.77. The largest absolute Gasteiger partial charge is 0.493 e. The average molecular weight is 732 g/mol. The number of pyridine rings is 1. The highest BCUT2D eigenvalue weighted by Gasteiger charge is 2.31. The van der Waals surface area contributed by atoms with Crippen molar-refractivity contribution in [3.05, 3.63) is 95.7 Å². The number of benzene rings is 3. The molecule has 278 valence electrons. The summed E-state index contributed by atoms with van der Waals surface area (Å²) in [4.78, 5) is 37.0. The first-order valence-corrected chi connectivity index (χ1v) is 17.6. The summed E-state index contributed by atoms with van der Waals surface area (Å²) in [7, 11) is 1.56. The lowest BCUT2D eigenvalue weighted by molar-refractivity contribution is -0.137. The quantitative estimate of drug-likeness (QED) is 0.185. The van der Waals surface area contributed by atoms with Crippen molar-refractivity contribution in [3.8, 4) is 28.9 Å². The van der Waals surface area contributed by atoms with E-state index in [0.29, 0.717) is 36.7 Å². The highest BCUT2D eigenvalue weighted by atomic mass is 19.4. The highest BCUT2D eigenvalue weighted by molar-refractivity contribution is 6.04. The fourth-order valence-corrected chi connectivity index (χ4v) is 6.90. The first-order chi connectivity index (χ1) is 25.6. The summed E-state index contributed by atoms with van der Waals surface area (Å²) in [5.74, 6) is 2.35. The summed E-state index contributed by atoms with van der Waals surface area (Å²) in [6.45, 7) is 4.88. The topological polar surface area (TPSA) is 106 Å². The van der Waals surface area contributed by atoms with Gasteiger partial charge in [-0.1, -0.05) is 6.07 Å². The number of hydrogen-bond acceptors (Lipinski definition) is 9. The van der Waals surface area contributed by atoms with Crippen molar-refractivity contribution < 1.29 is 41.7 Å². The lowest BCUT2D eigenvalue weighted by atomic mass is 9.97. The van der Waals surface area contributed by atoms with E-state index in [2.05, 4.69) is 26.2 Å². The van der Waals surface area contributed by atoms with Crippen LogP contribution in [-0.4, -0.2) is 79.3 Å². The molecule has 2 amide bonds. The van der Waals surface area contributed by atoms with Crippen molar-refractivity contribution in [3.63, 3.8) is 0 Å². The number of aromatic nitrogens is 1. The summed E-state index contributed by atoms with van der Waals surface area (Å²) in [5.41, 5.74) is 1.70. The van der Waals surface area contributed by atoms with Gasteiger partial charge >= 0.3 is 6.18 Å². The number of ether oxygens (including phenoxy) is 4. The Hall–Kier alpha value is -5.50. The van der Waals surface area contributed by atoms with Crippen LogP contribution in [0.25, 0.3) is 0 Å². The van der Waals surface area contributed by atoms with Gasteiger partial charge in [-0.15, -0.1) is 0 Å². The zero-order valence-electron chi connectivity index (χ0n) is 29.2. The number of anilines is 2. The molecule has 2 saturated heterocycles. The molecular formula is C39H40F3N5O6. The number of carbonyl (C=O) groups excluding carboxylic acids is 2. The number of amides is 2. The van der Waals surface area contributed by atoms with Gasteiger partial charge in [0.1, 0.15) is 0 Å². The Balaban J connectivity index is 0.928. The molecule has 3 aliphatic heterocycles. The fourth-order valence-electron chi connectivity index (χ4n) is 6.90. The van der Waals surface area contributed by atoms with Crippen molar-refractivity contribution in [2.45, 2.75) is 44.4 Å². The van der Waals surface area contributed by atoms with Gasteiger partial charge in [0.15, 0.2) is 23.0 Å². The van der Waals surface area contributed by atoms with E-state index in [0.717, 1.165) is 92.5 Å². The van der Waals surface area contributed by atoms with Crippen LogP contribution in [0, 0.1) is 0 Å². The second-order valence-corrected chi connectivity index (χ2v) is 13.2. The van der Waals surface area contributed by atoms with Crippen LogP contribution in [-0.2, 0) is 17.5 Å². The standard InChI is InChI=1S/C39H40F3N5O6/c1-50-34-21-31(11-13-33(34)53-36-14-10-29(23-43-36)44-38(49)27-6-8-28(9-7-27)39(40,41)42)47-15-3-2-4-30(47)22-37(48)46-18-16-45(17-19-46)24-26-5-12-32-35(20-26)52-25-51-32/h5-14,20-21,23,30H,2-4,15-19,22,24-25H2,1H3,(H,44,49). The van der Waals surface area contributed by atoms with Gasteiger partial charge in [0, 0.05) is 75.1 Å². The lowest BCUT2D eigenvalue weighted by Gasteiger charge is -2.40. The van der Waals surface area contributed by atoms with E-state index >= 15 is 0 Å². The maximum absolute atomic E-state index is 13.6. The summed E-state index contributed by atoms with van der Waals surface area (Å²) < 4.78 is 61.2. The van der Waals surface area contributed by atoms with E-state index in [1.54, 1.807) is 19.2 Å². The number of fused-ring (bicyclic) bond motifs is 1. The van der Waals surface area contributed by atoms with Crippen LogP contribution in [0.2, 0.25) is 0 Å². The number of carbonyl (C=O) groups is 2. The molecule has 2 fully saturated rings. The zero-order chi connectivity index (χ0) is 37.0. The molecule has 53 heavy (non-hydrogen) atoms. The van der Waals surface area contributed by atoms with Crippen molar-refractivity contribution in [1.29, 1.82) is 0 Å². The molecule has 0 aliphatic carbocycles. The molecule has 1 aromatic heterocycles. The SMILES string of the molecule is COc1cc(N2CCCCC2CC(=O)N2CCN(Cc3ccc4c(c3)OCO4)CC2)ccc1Oc1ccc(NC(=O)c2ccc(C(F)(F)F)cc2)cn1. The van der Waals surface area contributed by atoms with E-state index < -0.39 is 17.6 Å². The molecule has 7 rings (SSSR count). The van der Waals surface area contributed by atoms with Crippen molar-refractivity contribution >= 4 is 23.2 Å². The van der Waals surface area contributed by atoms with Gasteiger partial charge in [0.2, 0.25) is 18.6 Å². The third-order valence-electron chi connectivity index (χ3n) is 9.77. The van der Waals surface area contributed by atoms with Crippen LogP contribution in [0.5, 0.6) is 28.9 Å². The first-order valence-electron chi connectivity index (χ1n) is 17.6. The van der Waals surface area contributed by atoms with Crippen LogP contribution < -0.4 is 29.2 Å². The Bertz CT molecular complexity index is 1920. The van der Waals surface area contributed by atoms with E-state index in [4.69, 9.17) is 18.9 Å². The number of halogens is 3. The Morgan fingerprint density at radius 1 is 0.887 bits per heavy atom. The average Bonchev–Trinajstić information content (AvgIpc) is 3.64. The monoisotopic (exact) mass is 731 g/mol. The number of alkyl halides is 3. The number of rotatable bonds is 10. The second kappa shape index (κ2) is 15.6. The zero-order valence-corrected chi connectivity index (χ0v) is 29.2. The summed E-state index contributed by atoms with van der Waals surface area (Å²) in [5, 5.41) is 2.62. The molecule has 1 unspecified atom stereocenters. The Morgan fingerprint density at radius 2 is 1.68 bits per heavy atom. The number of piperidine rings is 1. The summed E-state index contributed by atoms with van der Waals surface area (Å²) >= 11 is 0. The van der Waals surface area contributed by atoms with E-state index in [1.165, 1.54) is 6.20 Å². The molecular weight excluding hydrogens is 691 g/mol. The Labute approximate surface area is 305 Å². The summed E-state index contributed by atoms with van der Waals surface area (Å²) in [6, 6.07) is 18.9. The molecule has 0 bridgehead atoms. The fraction of sp³-hybridized carbons (Fsp3) is 0.359. The first kappa shape index (κ1) is 35.9. The second-order valence-electron chi connectivity index (χ2n) is 13.2. The summed E-state index contributed by atoms with van der Waals surface area (Å²) in [6.07, 6.45) is 0.352. The molecule has 0 saturated carbocycles. The minimum Gasteiger partial charge on any atom is -0.493 e. The molecule has 1 atom stereocenters. The molecule has 3 aliphatic rings. The molecule has 4 aromatic rings. The van der Waals surface area contributed by atoms with Gasteiger partial charge in [0.05, 0.1) is 24.6 Å². The van der Waals surface area contributed by atoms with Gasteiger partial charge in [-0.2, -0.15) is 13.2 Å². The minimum atomic E-state index is -4.48. The number of nitrogens with one attached hydrogen (secondary N) is 1. The molecule has 3 aromatic carbocycles. The molecule has 1 N–H and O–H groups in total. The maximum Gasteiger partial charge on any atom is 0.416 e. The predicted molar refractivity (Wildman–Crippen MR) is 191 cm³/mol. The van der Waals surface area contributed by atoms with Crippen LogP contribution in [0.3, 0.4) is 0 Å². The van der Waals surface area contributed by atoms with Crippen molar-refractivity contribution in [2.24, 2.45) is 0 Å². The van der Waals surface area contributed by atoms with Gasteiger partial charge in [-0.05, 0) is 79.4 Å². The van der Waals surface area contributed by atoms with E-state index in [-0.39, 0.29) is 30.2 Å². The predicted octanol–water partition coefficient (Wildman–Crippen LogP) is 6.98. The number of piperazine rings is 1. The normalized spacial score (nSPS) is 17.4. The number of hydrogen-bond donors (Lipinski definition) is 1. The van der Waals surface area contributed by atoms with Crippen molar-refractivity contribution in [2.75, 3.05) is 56.8 Å². The number of nitrogens with zero attached hydrogens (tertiary/aromatic N) is 4. The van der Waals surface area contributed by atoms with Crippen LogP contribution in [0.4, 0.5) is 24.5 Å².